The minimum atomic E-state index is -0.974. The van der Waals surface area contributed by atoms with E-state index < -0.39 is 12.0 Å². The zero-order chi connectivity index (χ0) is 15.7. The number of nitrogens with one attached hydrogen (secondary N) is 1. The lowest BCUT2D eigenvalue weighted by Crippen LogP contribution is -2.40. The number of hydrogen-bond donors (Lipinski definition) is 2. The molecule has 0 aliphatic heterocycles. The Morgan fingerprint density at radius 2 is 2.14 bits per heavy atom. The third-order valence-corrected chi connectivity index (χ3v) is 3.21. The molecule has 5 heteroatoms. The molecule has 1 amide bonds. The largest absolute Gasteiger partial charge is 0.497 e. The van der Waals surface area contributed by atoms with Gasteiger partial charge < -0.3 is 15.2 Å². The van der Waals surface area contributed by atoms with Crippen molar-refractivity contribution in [3.05, 3.63) is 29.8 Å². The van der Waals surface area contributed by atoms with Crippen molar-refractivity contribution in [1.29, 1.82) is 0 Å². The van der Waals surface area contributed by atoms with Gasteiger partial charge in [0.15, 0.2) is 0 Å². The van der Waals surface area contributed by atoms with Crippen LogP contribution in [0.5, 0.6) is 5.75 Å². The summed E-state index contributed by atoms with van der Waals surface area (Å²) in [4.78, 5) is 22.7. The highest BCUT2D eigenvalue weighted by molar-refractivity contribution is 5.83. The fraction of sp³-hybridized carbons (Fsp3) is 0.500. The molecule has 1 aromatic carbocycles. The first kappa shape index (κ1) is 17.0. The molecular weight excluding hydrogens is 270 g/mol. The summed E-state index contributed by atoms with van der Waals surface area (Å²) >= 11 is 0. The normalized spacial score (nSPS) is 11.7. The molecule has 0 heterocycles. The van der Waals surface area contributed by atoms with Crippen molar-refractivity contribution in [2.75, 3.05) is 7.11 Å². The predicted molar refractivity (Wildman–Crippen MR) is 80.4 cm³/mol. The van der Waals surface area contributed by atoms with Crippen LogP contribution in [0.15, 0.2) is 24.3 Å². The monoisotopic (exact) mass is 293 g/mol. The fourth-order valence-corrected chi connectivity index (χ4v) is 2.09. The van der Waals surface area contributed by atoms with Crippen molar-refractivity contribution in [3.63, 3.8) is 0 Å². The van der Waals surface area contributed by atoms with Gasteiger partial charge in [-0.25, -0.2) is 4.79 Å². The number of carbonyl (C=O) groups is 2. The first-order valence-electron chi connectivity index (χ1n) is 7.22. The van der Waals surface area contributed by atoms with Crippen LogP contribution in [0, 0.1) is 0 Å². The van der Waals surface area contributed by atoms with Crippen molar-refractivity contribution in [1.82, 2.24) is 5.32 Å². The SMILES string of the molecule is CCCC(NC(=O)CCCc1cccc(OC)c1)C(=O)O. The number of rotatable bonds is 9. The van der Waals surface area contributed by atoms with E-state index in [1.807, 2.05) is 31.2 Å². The number of carboxylic acid groups (broad SMARTS) is 1. The zero-order valence-corrected chi connectivity index (χ0v) is 12.6. The van der Waals surface area contributed by atoms with Crippen LogP contribution in [-0.4, -0.2) is 30.1 Å². The summed E-state index contributed by atoms with van der Waals surface area (Å²) < 4.78 is 5.14. The summed E-state index contributed by atoms with van der Waals surface area (Å²) in [5.41, 5.74) is 1.10. The summed E-state index contributed by atoms with van der Waals surface area (Å²) in [7, 11) is 1.62. The van der Waals surface area contributed by atoms with Gasteiger partial charge in [-0.15, -0.1) is 0 Å². The topological polar surface area (TPSA) is 75.6 Å². The number of amides is 1. The van der Waals surface area contributed by atoms with Crippen molar-refractivity contribution in [2.24, 2.45) is 0 Å². The highest BCUT2D eigenvalue weighted by Gasteiger charge is 2.18. The number of methoxy groups -OCH3 is 1. The standard InChI is InChI=1S/C16H23NO4/c1-3-6-14(16(19)20)17-15(18)10-5-8-12-7-4-9-13(11-12)21-2/h4,7,9,11,14H,3,5-6,8,10H2,1-2H3,(H,17,18)(H,19,20). The van der Waals surface area contributed by atoms with Gasteiger partial charge in [-0.2, -0.15) is 0 Å². The molecule has 0 aliphatic carbocycles. The van der Waals surface area contributed by atoms with Crippen LogP contribution in [-0.2, 0) is 16.0 Å². The van der Waals surface area contributed by atoms with Crippen molar-refractivity contribution >= 4 is 11.9 Å². The molecule has 0 saturated heterocycles. The van der Waals surface area contributed by atoms with Crippen LogP contribution in [0.4, 0.5) is 0 Å². The molecule has 21 heavy (non-hydrogen) atoms. The van der Waals surface area contributed by atoms with Crippen molar-refractivity contribution < 1.29 is 19.4 Å². The van der Waals surface area contributed by atoms with Gasteiger partial charge >= 0.3 is 5.97 Å². The minimum absolute atomic E-state index is 0.209. The smallest absolute Gasteiger partial charge is 0.326 e. The number of carboxylic acids is 1. The average molecular weight is 293 g/mol. The molecule has 1 unspecified atom stereocenters. The van der Waals surface area contributed by atoms with Crippen LogP contribution in [0.25, 0.3) is 0 Å². The summed E-state index contributed by atoms with van der Waals surface area (Å²) in [6.07, 6.45) is 2.94. The molecule has 2 N–H and O–H groups in total. The summed E-state index contributed by atoms with van der Waals surface area (Å²) in [5, 5.41) is 11.5. The van der Waals surface area contributed by atoms with Gasteiger partial charge in [0, 0.05) is 6.42 Å². The van der Waals surface area contributed by atoms with Crippen molar-refractivity contribution in [2.45, 2.75) is 45.1 Å². The summed E-state index contributed by atoms with van der Waals surface area (Å²) in [5.74, 6) is -0.386. The second kappa shape index (κ2) is 9.00. The van der Waals surface area contributed by atoms with E-state index in [4.69, 9.17) is 9.84 Å². The Morgan fingerprint density at radius 1 is 1.38 bits per heavy atom. The van der Waals surface area contributed by atoms with Gasteiger partial charge in [-0.05, 0) is 37.0 Å². The van der Waals surface area contributed by atoms with Crippen LogP contribution in [0.3, 0.4) is 0 Å². The van der Waals surface area contributed by atoms with Crippen LogP contribution in [0.1, 0.15) is 38.2 Å². The van der Waals surface area contributed by atoms with Gasteiger partial charge in [0.25, 0.3) is 0 Å². The summed E-state index contributed by atoms with van der Waals surface area (Å²) in [6.45, 7) is 1.89. The molecule has 1 atom stereocenters. The average Bonchev–Trinajstić information content (AvgIpc) is 2.47. The van der Waals surface area contributed by atoms with E-state index in [1.54, 1.807) is 7.11 Å². The first-order valence-corrected chi connectivity index (χ1v) is 7.22. The number of aryl methyl sites for hydroxylation is 1. The molecule has 1 rings (SSSR count). The van der Waals surface area contributed by atoms with Crippen LogP contribution in [0.2, 0.25) is 0 Å². The number of benzene rings is 1. The second-order valence-corrected chi connectivity index (χ2v) is 4.95. The lowest BCUT2D eigenvalue weighted by atomic mass is 10.1. The molecule has 0 aromatic heterocycles. The lowest BCUT2D eigenvalue weighted by molar-refractivity contribution is -0.142. The Bertz CT molecular complexity index is 473. The molecule has 0 spiro atoms. The van der Waals surface area contributed by atoms with E-state index >= 15 is 0 Å². The maximum atomic E-state index is 11.7. The zero-order valence-electron chi connectivity index (χ0n) is 12.6. The molecular formula is C16H23NO4. The molecule has 0 saturated carbocycles. The van der Waals surface area contributed by atoms with Gasteiger partial charge in [-0.1, -0.05) is 25.5 Å². The third-order valence-electron chi connectivity index (χ3n) is 3.21. The number of ether oxygens (including phenoxy) is 1. The highest BCUT2D eigenvalue weighted by Crippen LogP contribution is 2.14. The predicted octanol–water partition coefficient (Wildman–Crippen LogP) is 2.39. The number of carbonyl (C=O) groups excluding carboxylic acids is 1. The molecule has 5 nitrogen and oxygen atoms in total. The molecule has 0 fully saturated rings. The van der Waals surface area contributed by atoms with E-state index in [0.717, 1.165) is 24.2 Å². The summed E-state index contributed by atoms with van der Waals surface area (Å²) in [6, 6.07) is 6.93. The maximum Gasteiger partial charge on any atom is 0.326 e. The molecule has 0 aliphatic rings. The molecule has 0 radical (unpaired) electrons. The fourth-order valence-electron chi connectivity index (χ4n) is 2.09. The minimum Gasteiger partial charge on any atom is -0.497 e. The Morgan fingerprint density at radius 3 is 2.76 bits per heavy atom. The van der Waals surface area contributed by atoms with Gasteiger partial charge in [-0.3, -0.25) is 4.79 Å². The maximum absolute atomic E-state index is 11.7. The van der Waals surface area contributed by atoms with E-state index in [2.05, 4.69) is 5.32 Å². The lowest BCUT2D eigenvalue weighted by Gasteiger charge is -2.13. The van der Waals surface area contributed by atoms with Gasteiger partial charge in [0.1, 0.15) is 11.8 Å². The van der Waals surface area contributed by atoms with Crippen LogP contribution < -0.4 is 10.1 Å². The molecule has 0 bridgehead atoms. The molecule has 116 valence electrons. The van der Waals surface area contributed by atoms with E-state index in [-0.39, 0.29) is 5.91 Å². The van der Waals surface area contributed by atoms with E-state index in [0.29, 0.717) is 19.3 Å². The van der Waals surface area contributed by atoms with Crippen molar-refractivity contribution in [3.8, 4) is 5.75 Å². The third kappa shape index (κ3) is 6.29. The Labute approximate surface area is 125 Å². The Balaban J connectivity index is 2.37. The Hall–Kier alpha value is -2.04. The number of aliphatic carboxylic acids is 1. The first-order chi connectivity index (χ1) is 10.1. The quantitative estimate of drug-likeness (QED) is 0.733. The van der Waals surface area contributed by atoms with E-state index in [9.17, 15) is 9.59 Å². The van der Waals surface area contributed by atoms with Crippen LogP contribution >= 0.6 is 0 Å². The van der Waals surface area contributed by atoms with E-state index in [1.165, 1.54) is 0 Å². The van der Waals surface area contributed by atoms with Gasteiger partial charge in [0.05, 0.1) is 7.11 Å². The highest BCUT2D eigenvalue weighted by atomic mass is 16.5. The molecule has 1 aromatic rings. The number of hydrogen-bond acceptors (Lipinski definition) is 3. The Kier molecular flexibility index (Phi) is 7.29. The second-order valence-electron chi connectivity index (χ2n) is 4.95. The van der Waals surface area contributed by atoms with Gasteiger partial charge in [0.2, 0.25) is 5.91 Å².